The molecule has 0 spiro atoms. The van der Waals surface area contributed by atoms with Gasteiger partial charge in [0, 0.05) is 5.56 Å². The van der Waals surface area contributed by atoms with Gasteiger partial charge >= 0.3 is 11.5 Å². The molecule has 22 heavy (non-hydrogen) atoms. The molecular formula is C15H15F3O3S. The van der Waals surface area contributed by atoms with Gasteiger partial charge in [-0.05, 0) is 30.2 Å². The van der Waals surface area contributed by atoms with E-state index in [2.05, 4.69) is 6.58 Å². The van der Waals surface area contributed by atoms with Crippen LogP contribution in [0.3, 0.4) is 0 Å². The van der Waals surface area contributed by atoms with Crippen LogP contribution in [0, 0.1) is 0 Å². The summed E-state index contributed by atoms with van der Waals surface area (Å²) in [7, 11) is 0. The van der Waals surface area contributed by atoms with Crippen LogP contribution >= 0.6 is 11.8 Å². The third-order valence-corrected chi connectivity index (χ3v) is 4.18. The van der Waals surface area contributed by atoms with Crippen LogP contribution in [-0.4, -0.2) is 27.1 Å². The van der Waals surface area contributed by atoms with Gasteiger partial charge in [-0.1, -0.05) is 37.3 Å². The lowest BCUT2D eigenvalue weighted by molar-refractivity contribution is -0.138. The number of ketones is 1. The van der Waals surface area contributed by atoms with Crippen molar-refractivity contribution >= 4 is 23.5 Å². The summed E-state index contributed by atoms with van der Waals surface area (Å²) in [4.78, 5) is 24.1. The van der Waals surface area contributed by atoms with Gasteiger partial charge in [0.05, 0.1) is 0 Å². The number of alkyl halides is 3. The Morgan fingerprint density at radius 1 is 1.32 bits per heavy atom. The van der Waals surface area contributed by atoms with E-state index < -0.39 is 40.2 Å². The number of carboxylic acid groups (broad SMARTS) is 1. The average molecular weight is 332 g/mol. The number of halogens is 3. The van der Waals surface area contributed by atoms with Crippen molar-refractivity contribution in [2.45, 2.75) is 30.0 Å². The van der Waals surface area contributed by atoms with Gasteiger partial charge in [-0.25, -0.2) is 0 Å². The largest absolute Gasteiger partial charge is 0.480 e. The minimum absolute atomic E-state index is 0.00833. The number of rotatable bonds is 7. The van der Waals surface area contributed by atoms with Crippen molar-refractivity contribution in [2.75, 3.05) is 0 Å². The standard InChI is InChI=1S/C15H15F3O3S/c1-3-9-14(13(20)21,22-15(16,17)18)12(19)11-8-6-5-7-10(11)4-2/h3,5-8H,1,4,9H2,2H3,(H,20,21). The van der Waals surface area contributed by atoms with Crippen LogP contribution in [0.4, 0.5) is 13.2 Å². The fourth-order valence-electron chi connectivity index (χ4n) is 2.08. The number of allylic oxidation sites excluding steroid dienone is 1. The molecule has 1 atom stereocenters. The minimum Gasteiger partial charge on any atom is -0.480 e. The highest BCUT2D eigenvalue weighted by Gasteiger charge is 2.54. The fraction of sp³-hybridized carbons (Fsp3) is 0.333. The summed E-state index contributed by atoms with van der Waals surface area (Å²) in [6.45, 7) is 5.02. The smallest absolute Gasteiger partial charge is 0.443 e. The van der Waals surface area contributed by atoms with Crippen molar-refractivity contribution in [3.8, 4) is 0 Å². The number of Topliss-reactive ketones (excluding diaryl/α,β-unsaturated/α-hetero) is 1. The van der Waals surface area contributed by atoms with Crippen molar-refractivity contribution in [1.82, 2.24) is 0 Å². The van der Waals surface area contributed by atoms with Crippen LogP contribution in [0.1, 0.15) is 29.3 Å². The van der Waals surface area contributed by atoms with E-state index in [1.807, 2.05) is 0 Å². The highest BCUT2D eigenvalue weighted by Crippen LogP contribution is 2.45. The molecule has 120 valence electrons. The van der Waals surface area contributed by atoms with E-state index in [0.29, 0.717) is 12.0 Å². The SMILES string of the molecule is C=CCC(SC(F)(F)F)(C(=O)O)C(=O)c1ccccc1CC. The summed E-state index contributed by atoms with van der Waals surface area (Å²) in [5, 5.41) is 9.32. The summed E-state index contributed by atoms with van der Waals surface area (Å²) in [6.07, 6.45) is 0.797. The third kappa shape index (κ3) is 3.91. The molecule has 1 aromatic rings. The number of aryl methyl sites for hydroxylation is 1. The first kappa shape index (κ1) is 18.3. The second-order valence-electron chi connectivity index (χ2n) is 4.51. The topological polar surface area (TPSA) is 54.4 Å². The third-order valence-electron chi connectivity index (χ3n) is 3.08. The molecule has 3 nitrogen and oxygen atoms in total. The second-order valence-corrected chi connectivity index (χ2v) is 5.88. The van der Waals surface area contributed by atoms with Gasteiger partial charge in [-0.15, -0.1) is 6.58 Å². The highest BCUT2D eigenvalue weighted by molar-refractivity contribution is 8.03. The molecule has 0 saturated heterocycles. The van der Waals surface area contributed by atoms with Crippen molar-refractivity contribution in [1.29, 1.82) is 0 Å². The van der Waals surface area contributed by atoms with E-state index in [0.717, 1.165) is 6.08 Å². The fourth-order valence-corrected chi connectivity index (χ4v) is 2.96. The number of thioether (sulfide) groups is 1. The number of carboxylic acids is 1. The number of aliphatic carboxylic acids is 1. The summed E-state index contributed by atoms with van der Waals surface area (Å²) >= 11 is -0.816. The van der Waals surface area contributed by atoms with Crippen molar-refractivity contribution in [2.24, 2.45) is 0 Å². The molecule has 0 bridgehead atoms. The Labute approximate surface area is 130 Å². The zero-order valence-corrected chi connectivity index (χ0v) is 12.6. The summed E-state index contributed by atoms with van der Waals surface area (Å²) < 4.78 is 35.8. The molecule has 0 amide bonds. The van der Waals surface area contributed by atoms with Crippen LogP contribution in [0.15, 0.2) is 36.9 Å². The Bertz CT molecular complexity index is 584. The maximum Gasteiger partial charge on any atom is 0.443 e. The molecule has 0 aliphatic heterocycles. The van der Waals surface area contributed by atoms with Crippen molar-refractivity contribution < 1.29 is 27.9 Å². The molecule has 0 aromatic heterocycles. The van der Waals surface area contributed by atoms with Crippen LogP contribution in [0.2, 0.25) is 0 Å². The average Bonchev–Trinajstić information content (AvgIpc) is 2.44. The predicted molar refractivity (Wildman–Crippen MR) is 79.0 cm³/mol. The molecule has 0 heterocycles. The van der Waals surface area contributed by atoms with Gasteiger partial charge < -0.3 is 5.11 Å². The maximum atomic E-state index is 12.8. The summed E-state index contributed by atoms with van der Waals surface area (Å²) in [5.41, 5.74) is -4.37. The molecule has 1 unspecified atom stereocenters. The monoisotopic (exact) mass is 332 g/mol. The van der Waals surface area contributed by atoms with Gasteiger partial charge in [0.2, 0.25) is 0 Å². The van der Waals surface area contributed by atoms with E-state index in [1.54, 1.807) is 19.1 Å². The van der Waals surface area contributed by atoms with E-state index in [-0.39, 0.29) is 5.56 Å². The number of benzene rings is 1. The quantitative estimate of drug-likeness (QED) is 0.464. The molecule has 0 radical (unpaired) electrons. The number of hydrogen-bond acceptors (Lipinski definition) is 3. The number of carbonyl (C=O) groups excluding carboxylic acids is 1. The zero-order chi connectivity index (χ0) is 17.0. The number of carbonyl (C=O) groups is 2. The van der Waals surface area contributed by atoms with Gasteiger partial charge in [-0.3, -0.25) is 9.59 Å². The molecule has 0 saturated carbocycles. The van der Waals surface area contributed by atoms with E-state index in [1.165, 1.54) is 12.1 Å². The van der Waals surface area contributed by atoms with Gasteiger partial charge in [-0.2, -0.15) is 13.2 Å². The summed E-state index contributed by atoms with van der Waals surface area (Å²) in [6, 6.07) is 6.07. The molecule has 0 aliphatic rings. The molecule has 1 N–H and O–H groups in total. The lowest BCUT2D eigenvalue weighted by Gasteiger charge is -2.27. The van der Waals surface area contributed by atoms with Crippen LogP contribution in [0.5, 0.6) is 0 Å². The van der Waals surface area contributed by atoms with Crippen molar-refractivity contribution in [3.63, 3.8) is 0 Å². The Balaban J connectivity index is 3.45. The Morgan fingerprint density at radius 2 is 1.91 bits per heavy atom. The first-order valence-corrected chi connectivity index (χ1v) is 7.23. The van der Waals surface area contributed by atoms with Gasteiger partial charge in [0.15, 0.2) is 10.5 Å². The van der Waals surface area contributed by atoms with Crippen LogP contribution in [0.25, 0.3) is 0 Å². The van der Waals surface area contributed by atoms with E-state index in [4.69, 9.17) is 0 Å². The predicted octanol–water partition coefficient (Wildman–Crippen LogP) is 4.08. The molecular weight excluding hydrogens is 317 g/mol. The molecule has 0 aliphatic carbocycles. The first-order chi connectivity index (χ1) is 10.2. The van der Waals surface area contributed by atoms with Gasteiger partial charge in [0.25, 0.3) is 0 Å². The second kappa shape index (κ2) is 7.00. The van der Waals surface area contributed by atoms with E-state index >= 15 is 0 Å². The molecule has 1 aromatic carbocycles. The Kier molecular flexibility index (Phi) is 5.82. The normalized spacial score (nSPS) is 14.2. The highest BCUT2D eigenvalue weighted by atomic mass is 32.2. The van der Waals surface area contributed by atoms with Crippen LogP contribution in [-0.2, 0) is 11.2 Å². The molecule has 1 rings (SSSR count). The van der Waals surface area contributed by atoms with Crippen LogP contribution < -0.4 is 0 Å². The molecule has 7 heteroatoms. The van der Waals surface area contributed by atoms with Gasteiger partial charge in [0.1, 0.15) is 0 Å². The Hall–Kier alpha value is -1.76. The Morgan fingerprint density at radius 3 is 2.36 bits per heavy atom. The lowest BCUT2D eigenvalue weighted by atomic mass is 9.90. The number of hydrogen-bond donors (Lipinski definition) is 1. The summed E-state index contributed by atoms with van der Waals surface area (Å²) in [5.74, 6) is -2.90. The minimum atomic E-state index is -4.86. The van der Waals surface area contributed by atoms with E-state index in [9.17, 15) is 27.9 Å². The lowest BCUT2D eigenvalue weighted by Crippen LogP contribution is -2.45. The van der Waals surface area contributed by atoms with Crippen molar-refractivity contribution in [3.05, 3.63) is 48.0 Å². The maximum absolute atomic E-state index is 12.8. The zero-order valence-electron chi connectivity index (χ0n) is 11.8. The first-order valence-electron chi connectivity index (χ1n) is 6.42. The molecule has 0 fully saturated rings.